The van der Waals surface area contributed by atoms with Crippen LogP contribution < -0.4 is 9.47 Å². The van der Waals surface area contributed by atoms with Crippen LogP contribution in [0, 0.1) is 0 Å². The molecule has 0 fully saturated rings. The minimum Gasteiger partial charge on any atom is -0.497 e. The number of methoxy groups -OCH3 is 2. The molecule has 2 aromatic heterocycles. The third-order valence-electron chi connectivity index (χ3n) is 11.1. The van der Waals surface area contributed by atoms with Crippen LogP contribution in [0.25, 0.3) is 65.9 Å². The Morgan fingerprint density at radius 2 is 0.907 bits per heavy atom. The zero-order valence-corrected chi connectivity index (χ0v) is 32.7. The fraction of sp³-hybridized carbons (Fsp3) is 0.333. The molecule has 278 valence electrons. The van der Waals surface area contributed by atoms with Crippen LogP contribution in [0.2, 0.25) is 0 Å². The number of Topliss-reactive ketones (excluding diaryl/α,β-unsaturated/α-hetero) is 2. The Hall–Kier alpha value is -5.36. The lowest BCUT2D eigenvalue weighted by Crippen LogP contribution is -2.02. The van der Waals surface area contributed by atoms with E-state index in [1.54, 1.807) is 28.1 Å². The van der Waals surface area contributed by atoms with E-state index in [-0.39, 0.29) is 11.6 Å². The highest BCUT2D eigenvalue weighted by molar-refractivity contribution is 6.33. The second-order valence-electron chi connectivity index (χ2n) is 14.7. The maximum atomic E-state index is 13.0. The standard InChI is InChI=1S/C48H52N2O4/c1-7-9-11-13-27-49-41-25-19-35(31(3)51)29-39(41)45-44(34-17-23-38(54-6)24-18-34)48-46(43(47(45)49)33-15-21-37(53-5)22-16-33)40-30-36(32(4)52)20-26-42(40)50(48)28-14-12-10-8-2/h15-26,29-30H,7-14,27-28H2,1-6H3. The average Bonchev–Trinajstić information content (AvgIpc) is 3.69. The van der Waals surface area contributed by atoms with E-state index in [0.717, 1.165) is 129 Å². The molecule has 0 N–H and O–H groups in total. The molecule has 0 spiro atoms. The highest BCUT2D eigenvalue weighted by Crippen LogP contribution is 2.51. The third-order valence-corrected chi connectivity index (χ3v) is 11.1. The Kier molecular flexibility index (Phi) is 10.9. The quantitative estimate of drug-likeness (QED) is 0.0736. The number of hydrogen-bond donors (Lipinski definition) is 0. The minimum atomic E-state index is 0.0463. The van der Waals surface area contributed by atoms with Crippen molar-refractivity contribution in [2.45, 2.75) is 92.2 Å². The van der Waals surface area contributed by atoms with Crippen molar-refractivity contribution in [1.82, 2.24) is 9.13 Å². The Morgan fingerprint density at radius 1 is 0.519 bits per heavy atom. The van der Waals surface area contributed by atoms with E-state index in [2.05, 4.69) is 71.5 Å². The molecule has 7 aromatic rings. The van der Waals surface area contributed by atoms with Gasteiger partial charge in [-0.3, -0.25) is 9.59 Å². The molecule has 0 saturated heterocycles. The van der Waals surface area contributed by atoms with Crippen LogP contribution in [-0.2, 0) is 13.1 Å². The zero-order chi connectivity index (χ0) is 37.9. The van der Waals surface area contributed by atoms with Gasteiger partial charge in [-0.15, -0.1) is 0 Å². The SMILES string of the molecule is CCCCCCn1c2ccc(C(C)=O)cc2c2c(-c3ccc(OC)cc3)c3c(c(-c4ccc(OC)cc4)c21)c1cc(C(C)=O)ccc1n3CCCCCC. The van der Waals surface area contributed by atoms with Gasteiger partial charge < -0.3 is 18.6 Å². The molecule has 0 unspecified atom stereocenters. The molecule has 5 aromatic carbocycles. The molecule has 0 aliphatic rings. The normalized spacial score (nSPS) is 11.7. The second-order valence-corrected chi connectivity index (χ2v) is 14.7. The highest BCUT2D eigenvalue weighted by Gasteiger charge is 2.28. The van der Waals surface area contributed by atoms with Crippen molar-refractivity contribution < 1.29 is 19.1 Å². The van der Waals surface area contributed by atoms with Crippen LogP contribution in [-0.4, -0.2) is 34.9 Å². The van der Waals surface area contributed by atoms with Gasteiger partial charge in [0, 0.05) is 67.9 Å². The summed E-state index contributed by atoms with van der Waals surface area (Å²) in [6.45, 7) is 9.47. The number of unbranched alkanes of at least 4 members (excludes halogenated alkanes) is 6. The number of fused-ring (bicyclic) bond motifs is 6. The van der Waals surface area contributed by atoms with Crippen molar-refractivity contribution in [3.8, 4) is 33.8 Å². The van der Waals surface area contributed by atoms with Gasteiger partial charge in [0.05, 0.1) is 25.3 Å². The Morgan fingerprint density at radius 3 is 1.24 bits per heavy atom. The van der Waals surface area contributed by atoms with Gasteiger partial charge in [-0.2, -0.15) is 0 Å². The van der Waals surface area contributed by atoms with E-state index < -0.39 is 0 Å². The smallest absolute Gasteiger partial charge is 0.159 e. The van der Waals surface area contributed by atoms with E-state index in [4.69, 9.17) is 9.47 Å². The number of aromatic nitrogens is 2. The first kappa shape index (κ1) is 37.0. The first-order valence-corrected chi connectivity index (χ1v) is 19.7. The third kappa shape index (κ3) is 6.68. The average molecular weight is 721 g/mol. The van der Waals surface area contributed by atoms with Gasteiger partial charge in [0.25, 0.3) is 0 Å². The molecule has 0 amide bonds. The fourth-order valence-electron chi connectivity index (χ4n) is 8.35. The Bertz CT molecular complexity index is 2310. The number of aryl methyl sites for hydroxylation is 2. The summed E-state index contributed by atoms with van der Waals surface area (Å²) in [5.74, 6) is 1.68. The molecular formula is C48H52N2O4. The Labute approximate surface area is 318 Å². The number of benzene rings is 5. The van der Waals surface area contributed by atoms with E-state index in [1.165, 1.54) is 12.8 Å². The topological polar surface area (TPSA) is 62.5 Å². The van der Waals surface area contributed by atoms with Gasteiger partial charge in [-0.25, -0.2) is 0 Å². The largest absolute Gasteiger partial charge is 0.497 e. The molecule has 6 heteroatoms. The Balaban J connectivity index is 1.77. The van der Waals surface area contributed by atoms with Crippen LogP contribution in [0.3, 0.4) is 0 Å². The van der Waals surface area contributed by atoms with E-state index >= 15 is 0 Å². The van der Waals surface area contributed by atoms with Crippen LogP contribution in [0.5, 0.6) is 11.5 Å². The maximum absolute atomic E-state index is 13.0. The predicted molar refractivity (Wildman–Crippen MR) is 225 cm³/mol. The van der Waals surface area contributed by atoms with Crippen molar-refractivity contribution in [2.75, 3.05) is 14.2 Å². The summed E-state index contributed by atoms with van der Waals surface area (Å²) in [6.07, 6.45) is 9.01. The molecule has 6 nitrogen and oxygen atoms in total. The molecule has 0 aliphatic carbocycles. The molecule has 2 heterocycles. The molecule has 7 rings (SSSR count). The number of rotatable bonds is 16. The summed E-state index contributed by atoms with van der Waals surface area (Å²) < 4.78 is 16.3. The summed E-state index contributed by atoms with van der Waals surface area (Å²) in [5.41, 5.74) is 10.3. The van der Waals surface area contributed by atoms with Gasteiger partial charge in [0.2, 0.25) is 0 Å². The lowest BCUT2D eigenvalue weighted by atomic mass is 9.89. The number of hydrogen-bond acceptors (Lipinski definition) is 4. The van der Waals surface area contributed by atoms with Crippen molar-refractivity contribution >= 4 is 55.2 Å². The summed E-state index contributed by atoms with van der Waals surface area (Å²) in [5, 5.41) is 4.42. The van der Waals surface area contributed by atoms with Gasteiger partial charge in [0.1, 0.15) is 11.5 Å². The van der Waals surface area contributed by atoms with Crippen molar-refractivity contribution in [1.29, 1.82) is 0 Å². The van der Waals surface area contributed by atoms with Crippen molar-refractivity contribution in [3.05, 3.63) is 96.1 Å². The lowest BCUT2D eigenvalue weighted by molar-refractivity contribution is 0.100. The predicted octanol–water partition coefficient (Wildman–Crippen LogP) is 12.8. The van der Waals surface area contributed by atoms with Gasteiger partial charge >= 0.3 is 0 Å². The first-order chi connectivity index (χ1) is 26.3. The monoisotopic (exact) mass is 720 g/mol. The summed E-state index contributed by atoms with van der Waals surface area (Å²) >= 11 is 0. The molecule has 0 aliphatic heterocycles. The van der Waals surface area contributed by atoms with Gasteiger partial charge in [-0.05, 0) is 98.5 Å². The molecular weight excluding hydrogens is 669 g/mol. The molecule has 0 saturated carbocycles. The van der Waals surface area contributed by atoms with E-state index in [9.17, 15) is 9.59 Å². The second kappa shape index (κ2) is 15.9. The first-order valence-electron chi connectivity index (χ1n) is 19.7. The van der Waals surface area contributed by atoms with Crippen LogP contribution in [0.15, 0.2) is 84.9 Å². The van der Waals surface area contributed by atoms with E-state index in [1.807, 2.05) is 36.4 Å². The molecule has 0 atom stereocenters. The number of carbonyl (C=O) groups is 2. The molecule has 0 bridgehead atoms. The number of carbonyl (C=O) groups excluding carboxylic acids is 2. The maximum Gasteiger partial charge on any atom is 0.159 e. The number of ketones is 2. The highest BCUT2D eigenvalue weighted by atomic mass is 16.5. The lowest BCUT2D eigenvalue weighted by Gasteiger charge is -2.18. The molecule has 54 heavy (non-hydrogen) atoms. The van der Waals surface area contributed by atoms with Crippen LogP contribution >= 0.6 is 0 Å². The van der Waals surface area contributed by atoms with Crippen LogP contribution in [0.4, 0.5) is 0 Å². The van der Waals surface area contributed by atoms with Crippen LogP contribution in [0.1, 0.15) is 99.8 Å². The number of nitrogens with zero attached hydrogens (tertiary/aromatic N) is 2. The summed E-state index contributed by atoms with van der Waals surface area (Å²) in [4.78, 5) is 26.1. The summed E-state index contributed by atoms with van der Waals surface area (Å²) in [7, 11) is 3.40. The fourth-order valence-corrected chi connectivity index (χ4v) is 8.35. The van der Waals surface area contributed by atoms with Gasteiger partial charge in [-0.1, -0.05) is 76.6 Å². The van der Waals surface area contributed by atoms with Crippen molar-refractivity contribution in [2.24, 2.45) is 0 Å². The molecule has 0 radical (unpaired) electrons. The minimum absolute atomic E-state index is 0.0463. The van der Waals surface area contributed by atoms with Crippen molar-refractivity contribution in [3.63, 3.8) is 0 Å². The summed E-state index contributed by atoms with van der Waals surface area (Å²) in [6, 6.07) is 29.3. The zero-order valence-electron chi connectivity index (χ0n) is 32.7. The number of ether oxygens (including phenoxy) is 2. The van der Waals surface area contributed by atoms with Gasteiger partial charge in [0.15, 0.2) is 11.6 Å². The van der Waals surface area contributed by atoms with E-state index in [0.29, 0.717) is 11.1 Å².